The van der Waals surface area contributed by atoms with Gasteiger partial charge in [-0.05, 0) is 24.3 Å². The van der Waals surface area contributed by atoms with E-state index < -0.39 is 5.91 Å². The van der Waals surface area contributed by atoms with Gasteiger partial charge in [-0.15, -0.1) is 5.10 Å². The molecule has 2 heterocycles. The summed E-state index contributed by atoms with van der Waals surface area (Å²) in [4.78, 5) is 16.4. The average molecular weight is 431 g/mol. The normalized spacial score (nSPS) is 10.9. The number of amides is 1. The first-order valence-electron chi connectivity index (χ1n) is 8.44. The number of rotatable bonds is 5. The lowest BCUT2D eigenvalue weighted by Crippen LogP contribution is -2.14. The van der Waals surface area contributed by atoms with Crippen LogP contribution in [0, 0.1) is 5.82 Å². The molecule has 0 saturated heterocycles. The summed E-state index contributed by atoms with van der Waals surface area (Å²) in [5, 5.41) is 14.3. The van der Waals surface area contributed by atoms with Crippen molar-refractivity contribution < 1.29 is 9.18 Å². The third-order valence-corrected chi connectivity index (χ3v) is 4.83. The van der Waals surface area contributed by atoms with E-state index in [1.807, 2.05) is 0 Å². The number of H-pyrrole nitrogens is 1. The summed E-state index contributed by atoms with van der Waals surface area (Å²) < 4.78 is 15.2. The van der Waals surface area contributed by atoms with Crippen molar-refractivity contribution in [3.63, 3.8) is 0 Å². The molecule has 2 aromatic heterocycles. The molecule has 1 amide bonds. The van der Waals surface area contributed by atoms with Crippen LogP contribution in [0.4, 0.5) is 10.3 Å². The van der Waals surface area contributed by atoms with Gasteiger partial charge in [-0.1, -0.05) is 47.5 Å². The number of benzene rings is 2. The van der Waals surface area contributed by atoms with Crippen LogP contribution >= 0.6 is 23.2 Å². The monoisotopic (exact) mass is 430 g/mol. The molecule has 4 rings (SSSR count). The number of aromatic nitrogens is 5. The molecule has 0 atom stereocenters. The molecule has 4 aromatic rings. The lowest BCUT2D eigenvalue weighted by Gasteiger charge is -2.02. The van der Waals surface area contributed by atoms with Gasteiger partial charge in [-0.25, -0.2) is 14.1 Å². The second-order valence-corrected chi connectivity index (χ2v) is 6.92. The Balaban J connectivity index is 1.45. The predicted molar refractivity (Wildman–Crippen MR) is 108 cm³/mol. The summed E-state index contributed by atoms with van der Waals surface area (Å²) in [6.07, 6.45) is 1.41. The lowest BCUT2D eigenvalue weighted by molar-refractivity contribution is 0.102. The highest BCUT2D eigenvalue weighted by atomic mass is 35.5. The summed E-state index contributed by atoms with van der Waals surface area (Å²) >= 11 is 11.9. The van der Waals surface area contributed by atoms with Crippen molar-refractivity contribution in [1.82, 2.24) is 25.0 Å². The Hall–Kier alpha value is -3.23. The maximum Gasteiger partial charge on any atom is 0.276 e. The van der Waals surface area contributed by atoms with Crippen LogP contribution in [0.15, 0.2) is 54.9 Å². The van der Waals surface area contributed by atoms with Crippen molar-refractivity contribution in [3.05, 3.63) is 82.0 Å². The minimum absolute atomic E-state index is 0.0945. The van der Waals surface area contributed by atoms with Crippen LogP contribution < -0.4 is 5.32 Å². The van der Waals surface area contributed by atoms with Gasteiger partial charge < -0.3 is 0 Å². The van der Waals surface area contributed by atoms with E-state index in [-0.39, 0.29) is 24.0 Å². The number of carbonyl (C=O) groups excluding carboxylic acids is 1. The van der Waals surface area contributed by atoms with Gasteiger partial charge in [-0.3, -0.25) is 15.2 Å². The fourth-order valence-electron chi connectivity index (χ4n) is 2.64. The summed E-state index contributed by atoms with van der Waals surface area (Å²) in [7, 11) is 0. The Bertz CT molecular complexity index is 1190. The standard InChI is InChI=1S/C19H13Cl2FN6O/c20-13-6-5-11(7-14(13)21)16-8-17(26-25-16)18(29)24-19-23-10-28(27-19)9-12-3-1-2-4-15(12)22/h1-8,10H,9H2,(H,25,26)(H,24,27,29). The van der Waals surface area contributed by atoms with Gasteiger partial charge in [0, 0.05) is 11.1 Å². The summed E-state index contributed by atoms with van der Waals surface area (Å²) in [5.41, 5.74) is 1.93. The number of hydrogen-bond donors (Lipinski definition) is 2. The quantitative estimate of drug-likeness (QED) is 0.490. The number of hydrogen-bond acceptors (Lipinski definition) is 4. The van der Waals surface area contributed by atoms with Crippen molar-refractivity contribution in [1.29, 1.82) is 0 Å². The van der Waals surface area contributed by atoms with E-state index in [0.717, 1.165) is 0 Å². The number of carbonyl (C=O) groups is 1. The van der Waals surface area contributed by atoms with Gasteiger partial charge in [0.2, 0.25) is 5.95 Å². The first kappa shape index (κ1) is 19.1. The van der Waals surface area contributed by atoms with Crippen LogP contribution in [0.5, 0.6) is 0 Å². The number of anilines is 1. The third-order valence-electron chi connectivity index (χ3n) is 4.09. The van der Waals surface area contributed by atoms with Crippen LogP contribution in [0.1, 0.15) is 16.1 Å². The topological polar surface area (TPSA) is 88.5 Å². The highest BCUT2D eigenvalue weighted by Gasteiger charge is 2.14. The minimum Gasteiger partial charge on any atom is -0.288 e. The Morgan fingerprint density at radius 3 is 2.76 bits per heavy atom. The molecule has 0 unspecified atom stereocenters. The van der Waals surface area contributed by atoms with E-state index in [2.05, 4.69) is 25.6 Å². The molecule has 2 N–H and O–H groups in total. The first-order chi connectivity index (χ1) is 14.0. The van der Waals surface area contributed by atoms with Gasteiger partial charge in [0.05, 0.1) is 22.3 Å². The van der Waals surface area contributed by atoms with E-state index in [4.69, 9.17) is 23.2 Å². The van der Waals surface area contributed by atoms with Gasteiger partial charge in [0.15, 0.2) is 0 Å². The zero-order valence-corrected chi connectivity index (χ0v) is 16.2. The molecule has 0 fully saturated rings. The van der Waals surface area contributed by atoms with Gasteiger partial charge >= 0.3 is 0 Å². The molecule has 2 aromatic carbocycles. The van der Waals surface area contributed by atoms with Crippen LogP contribution in [0.25, 0.3) is 11.3 Å². The van der Waals surface area contributed by atoms with Crippen LogP contribution in [-0.2, 0) is 6.54 Å². The van der Waals surface area contributed by atoms with Crippen molar-refractivity contribution in [3.8, 4) is 11.3 Å². The van der Waals surface area contributed by atoms with Gasteiger partial charge in [0.25, 0.3) is 5.91 Å². The van der Waals surface area contributed by atoms with E-state index >= 15 is 0 Å². The third kappa shape index (κ3) is 4.28. The second-order valence-electron chi connectivity index (χ2n) is 6.11. The molecule has 7 nitrogen and oxygen atoms in total. The van der Waals surface area contributed by atoms with Crippen LogP contribution in [0.3, 0.4) is 0 Å². The van der Waals surface area contributed by atoms with Crippen molar-refractivity contribution in [2.24, 2.45) is 0 Å². The Kier molecular flexibility index (Phi) is 5.28. The number of halogens is 3. The van der Waals surface area contributed by atoms with E-state index in [1.54, 1.807) is 42.5 Å². The smallest absolute Gasteiger partial charge is 0.276 e. The highest BCUT2D eigenvalue weighted by molar-refractivity contribution is 6.42. The fourth-order valence-corrected chi connectivity index (χ4v) is 2.94. The zero-order chi connectivity index (χ0) is 20.4. The first-order valence-corrected chi connectivity index (χ1v) is 9.20. The number of aromatic amines is 1. The molecule has 0 bridgehead atoms. The van der Waals surface area contributed by atoms with E-state index in [1.165, 1.54) is 17.1 Å². The molecular formula is C19H13Cl2FN6O. The molecule has 0 saturated carbocycles. The highest BCUT2D eigenvalue weighted by Crippen LogP contribution is 2.27. The van der Waals surface area contributed by atoms with Gasteiger partial charge in [-0.2, -0.15) is 5.10 Å². The minimum atomic E-state index is -0.465. The molecule has 0 spiro atoms. The van der Waals surface area contributed by atoms with Crippen LogP contribution in [-0.4, -0.2) is 30.9 Å². The maximum absolute atomic E-state index is 13.7. The number of nitrogens with zero attached hydrogens (tertiary/aromatic N) is 4. The second kappa shape index (κ2) is 8.02. The average Bonchev–Trinajstić information content (AvgIpc) is 3.36. The van der Waals surface area contributed by atoms with E-state index in [0.29, 0.717) is 26.9 Å². The number of nitrogens with one attached hydrogen (secondary N) is 2. The summed E-state index contributed by atoms with van der Waals surface area (Å²) in [6.45, 7) is 0.196. The summed E-state index contributed by atoms with van der Waals surface area (Å²) in [6, 6.07) is 13.0. The molecular weight excluding hydrogens is 418 g/mol. The molecule has 0 aliphatic heterocycles. The maximum atomic E-state index is 13.7. The SMILES string of the molecule is O=C(Nc1ncn(Cc2ccccc2F)n1)c1cc(-c2ccc(Cl)c(Cl)c2)n[nH]1. The lowest BCUT2D eigenvalue weighted by atomic mass is 10.1. The van der Waals surface area contributed by atoms with Crippen molar-refractivity contribution in [2.45, 2.75) is 6.54 Å². The molecule has 29 heavy (non-hydrogen) atoms. The molecule has 0 aliphatic carbocycles. The van der Waals surface area contributed by atoms with Crippen molar-refractivity contribution in [2.75, 3.05) is 5.32 Å². The van der Waals surface area contributed by atoms with Crippen LogP contribution in [0.2, 0.25) is 10.0 Å². The van der Waals surface area contributed by atoms with E-state index in [9.17, 15) is 9.18 Å². The summed E-state index contributed by atoms with van der Waals surface area (Å²) in [5.74, 6) is -0.703. The van der Waals surface area contributed by atoms with Crippen molar-refractivity contribution >= 4 is 35.1 Å². The zero-order valence-electron chi connectivity index (χ0n) is 14.7. The Labute approximate surface area is 174 Å². The molecule has 10 heteroatoms. The largest absolute Gasteiger partial charge is 0.288 e. The fraction of sp³-hybridized carbons (Fsp3) is 0.0526. The Morgan fingerprint density at radius 1 is 1.14 bits per heavy atom. The Morgan fingerprint density at radius 2 is 1.97 bits per heavy atom. The van der Waals surface area contributed by atoms with Gasteiger partial charge in [0.1, 0.15) is 17.8 Å². The molecule has 146 valence electrons. The predicted octanol–water partition coefficient (Wildman–Crippen LogP) is 4.41. The molecule has 0 radical (unpaired) electrons. The molecule has 0 aliphatic rings.